The maximum Gasteiger partial charge on any atom is 0.193 e. The second-order valence-electron chi connectivity index (χ2n) is 7.64. The molecule has 0 radical (unpaired) electrons. The highest BCUT2D eigenvalue weighted by Crippen LogP contribution is 2.59. The quantitative estimate of drug-likeness (QED) is 0.225. The zero-order valence-electron chi connectivity index (χ0n) is 17.4. The lowest BCUT2D eigenvalue weighted by molar-refractivity contribution is -0.344. The van der Waals surface area contributed by atoms with Crippen molar-refractivity contribution in [3.8, 4) is 0 Å². The Bertz CT molecular complexity index is 1040. The van der Waals surface area contributed by atoms with Gasteiger partial charge in [-0.1, -0.05) is 77.4 Å². The number of azide groups is 1. The van der Waals surface area contributed by atoms with Gasteiger partial charge in [0.15, 0.2) is 22.7 Å². The van der Waals surface area contributed by atoms with Gasteiger partial charge in [-0.2, -0.15) is 0 Å². The predicted molar refractivity (Wildman–Crippen MR) is 120 cm³/mol. The number of carbonyl (C=O) groups is 1. The van der Waals surface area contributed by atoms with E-state index in [1.807, 2.05) is 30.3 Å². The van der Waals surface area contributed by atoms with Gasteiger partial charge in [0.25, 0.3) is 0 Å². The van der Waals surface area contributed by atoms with E-state index < -0.39 is 39.8 Å². The summed E-state index contributed by atoms with van der Waals surface area (Å²) in [4.78, 5) is 16.3. The molecule has 8 nitrogen and oxygen atoms in total. The van der Waals surface area contributed by atoms with Crippen molar-refractivity contribution in [2.24, 2.45) is 5.11 Å². The number of methoxy groups -OCH3 is 1. The highest BCUT2D eigenvalue weighted by molar-refractivity contribution is 7.80. The van der Waals surface area contributed by atoms with E-state index in [1.165, 1.54) is 14.0 Å². The van der Waals surface area contributed by atoms with E-state index in [2.05, 4.69) is 22.7 Å². The molecule has 2 heterocycles. The lowest BCUT2D eigenvalue weighted by Gasteiger charge is -2.61. The van der Waals surface area contributed by atoms with Crippen LogP contribution in [0.15, 0.2) is 65.8 Å². The Morgan fingerprint density at radius 2 is 1.84 bits per heavy atom. The Balaban J connectivity index is 1.99. The number of fused-ring (bicyclic) bond motifs is 1. The van der Waals surface area contributed by atoms with Gasteiger partial charge in [0.05, 0.1) is 6.61 Å². The smallest absolute Gasteiger partial charge is 0.193 e. The number of nitrogens with zero attached hydrogens (tertiary/aromatic N) is 3. The molecule has 2 saturated heterocycles. The van der Waals surface area contributed by atoms with Gasteiger partial charge < -0.3 is 18.9 Å². The van der Waals surface area contributed by atoms with Crippen LogP contribution in [0.1, 0.15) is 24.3 Å². The van der Waals surface area contributed by atoms with Gasteiger partial charge in [0.2, 0.25) is 0 Å². The van der Waals surface area contributed by atoms with Crippen LogP contribution in [-0.4, -0.2) is 41.7 Å². The average molecular weight is 476 g/mol. The molecule has 0 bridgehead atoms. The van der Waals surface area contributed by atoms with Crippen LogP contribution in [0.4, 0.5) is 0 Å². The molecule has 0 amide bonds. The first-order valence-electron chi connectivity index (χ1n) is 9.90. The second kappa shape index (κ2) is 8.68. The van der Waals surface area contributed by atoms with Gasteiger partial charge in [-0.15, -0.1) is 12.6 Å². The van der Waals surface area contributed by atoms with Crippen molar-refractivity contribution in [1.29, 1.82) is 0 Å². The van der Waals surface area contributed by atoms with E-state index in [9.17, 15) is 10.3 Å². The van der Waals surface area contributed by atoms with Crippen LogP contribution < -0.4 is 0 Å². The fraction of sp³-hybridized carbons (Fsp3) is 0.409. The summed E-state index contributed by atoms with van der Waals surface area (Å²) >= 11 is 11.4. The normalized spacial score (nSPS) is 36.6. The Labute approximate surface area is 195 Å². The molecule has 0 N–H and O–H groups in total. The molecule has 0 aliphatic carbocycles. The van der Waals surface area contributed by atoms with E-state index in [1.54, 1.807) is 30.3 Å². The van der Waals surface area contributed by atoms with Gasteiger partial charge in [-0.25, -0.2) is 0 Å². The number of benzene rings is 2. The molecular weight excluding hydrogens is 454 g/mol. The summed E-state index contributed by atoms with van der Waals surface area (Å²) in [6, 6.07) is 18.0. The molecule has 32 heavy (non-hydrogen) atoms. The Hall–Kier alpha value is -2.10. The summed E-state index contributed by atoms with van der Waals surface area (Å²) in [5, 5.41) is 2.57. The van der Waals surface area contributed by atoms with E-state index in [0.717, 1.165) is 5.56 Å². The molecule has 0 saturated carbocycles. The minimum Gasteiger partial charge on any atom is -0.366 e. The fourth-order valence-corrected chi connectivity index (χ4v) is 5.72. The van der Waals surface area contributed by atoms with Crippen LogP contribution in [0.3, 0.4) is 0 Å². The van der Waals surface area contributed by atoms with Gasteiger partial charge in [-0.05, 0) is 18.0 Å². The molecule has 2 unspecified atom stereocenters. The van der Waals surface area contributed by atoms with E-state index in [0.29, 0.717) is 5.56 Å². The van der Waals surface area contributed by atoms with Crippen molar-refractivity contribution in [1.82, 2.24) is 0 Å². The number of thiol groups is 1. The van der Waals surface area contributed by atoms with Crippen molar-refractivity contribution < 1.29 is 23.7 Å². The predicted octanol–water partition coefficient (Wildman–Crippen LogP) is 4.50. The van der Waals surface area contributed by atoms with Crippen LogP contribution in [0.2, 0.25) is 0 Å². The maximum absolute atomic E-state index is 13.2. The summed E-state index contributed by atoms with van der Waals surface area (Å²) in [6.07, 6.45) is -2.01. The van der Waals surface area contributed by atoms with Crippen LogP contribution in [0.5, 0.6) is 0 Å². The van der Waals surface area contributed by atoms with Crippen molar-refractivity contribution in [3.05, 3.63) is 82.2 Å². The zero-order chi connectivity index (χ0) is 23.0. The molecule has 168 valence electrons. The van der Waals surface area contributed by atoms with Crippen molar-refractivity contribution in [2.75, 3.05) is 13.7 Å². The molecule has 2 aromatic rings. The van der Waals surface area contributed by atoms with E-state index in [-0.39, 0.29) is 6.61 Å². The lowest BCUT2D eigenvalue weighted by Crippen LogP contribution is -2.77. The molecule has 2 fully saturated rings. The van der Waals surface area contributed by atoms with Crippen LogP contribution in [0, 0.1) is 0 Å². The number of Topliss-reactive ketones (excluding diaryl/α,β-unsaturated/α-hetero) is 1. The summed E-state index contributed by atoms with van der Waals surface area (Å²) in [5.41, 5.74) is 6.11. The third-order valence-electron chi connectivity index (χ3n) is 6.02. The number of rotatable bonds is 5. The minimum absolute atomic E-state index is 0.108. The number of carbonyl (C=O) groups excluding carboxylic acids is 1. The third kappa shape index (κ3) is 3.24. The van der Waals surface area contributed by atoms with Crippen molar-refractivity contribution >= 4 is 30.0 Å². The third-order valence-corrected chi connectivity index (χ3v) is 6.88. The van der Waals surface area contributed by atoms with Gasteiger partial charge >= 0.3 is 0 Å². The van der Waals surface area contributed by atoms with Crippen LogP contribution in [-0.2, 0) is 29.3 Å². The number of ether oxygens (including phenoxy) is 4. The van der Waals surface area contributed by atoms with Gasteiger partial charge in [0.1, 0.15) is 17.1 Å². The summed E-state index contributed by atoms with van der Waals surface area (Å²) in [6.45, 7) is 1.22. The second-order valence-corrected chi connectivity index (χ2v) is 8.75. The van der Waals surface area contributed by atoms with Gasteiger partial charge in [-0.3, -0.25) is 4.79 Å². The highest BCUT2D eigenvalue weighted by atomic mass is 35.5. The largest absolute Gasteiger partial charge is 0.366 e. The topological polar surface area (TPSA) is 103 Å². The monoisotopic (exact) mass is 475 g/mol. The minimum atomic E-state index is -1.84. The summed E-state index contributed by atoms with van der Waals surface area (Å²) in [5.74, 6) is -0.457. The molecule has 10 heteroatoms. The van der Waals surface area contributed by atoms with Gasteiger partial charge in [0, 0.05) is 17.6 Å². The Morgan fingerprint density at radius 1 is 1.22 bits per heavy atom. The standard InChI is InChI=1S/C22H22ClN3O5S/c1-14(27)22(28-2)19(32)31-20(23)13-29-17(15-9-5-3-6-10-15)30-18(20)21(22,25-26-24)16-11-7-4-8-12-16/h3-12,17-19,32H,13H2,1-2H3/t17?,18-,19+,20-,21?,22-/m0/s1. The first kappa shape index (κ1) is 23.1. The van der Waals surface area contributed by atoms with Crippen molar-refractivity contribution in [2.45, 2.75) is 41.0 Å². The molecular formula is C22H22ClN3O5S. The molecule has 4 rings (SSSR count). The van der Waals surface area contributed by atoms with E-state index >= 15 is 0 Å². The number of halogens is 1. The van der Waals surface area contributed by atoms with Crippen molar-refractivity contribution in [3.63, 3.8) is 0 Å². The molecule has 2 aromatic carbocycles. The first-order chi connectivity index (χ1) is 15.4. The van der Waals surface area contributed by atoms with E-state index in [4.69, 9.17) is 30.5 Å². The number of hydrogen-bond acceptors (Lipinski definition) is 7. The summed E-state index contributed by atoms with van der Waals surface area (Å²) < 4.78 is 24.0. The maximum atomic E-state index is 13.2. The fourth-order valence-electron chi connectivity index (χ4n) is 4.63. The molecule has 6 atom stereocenters. The number of ketones is 1. The summed E-state index contributed by atoms with van der Waals surface area (Å²) in [7, 11) is 1.34. The zero-order valence-corrected chi connectivity index (χ0v) is 19.1. The first-order valence-corrected chi connectivity index (χ1v) is 10.8. The van der Waals surface area contributed by atoms with Crippen LogP contribution >= 0.6 is 24.2 Å². The SMILES string of the molecule is CO[C@@]1(C(C)=O)[C@@H](S)O[C@@]2(Cl)COC(c3ccccc3)O[C@@H]2C1(N=[N+]=[N-])c1ccccc1. The Kier molecular flexibility index (Phi) is 6.26. The highest BCUT2D eigenvalue weighted by Gasteiger charge is 2.74. The Morgan fingerprint density at radius 3 is 2.41 bits per heavy atom. The number of alkyl halides is 1. The lowest BCUT2D eigenvalue weighted by atomic mass is 9.66. The number of hydrogen-bond donors (Lipinski definition) is 1. The molecule has 0 aromatic heterocycles. The van der Waals surface area contributed by atoms with Crippen LogP contribution in [0.25, 0.3) is 10.4 Å². The molecule has 0 spiro atoms. The molecule has 2 aliphatic heterocycles. The molecule has 2 aliphatic rings. The average Bonchev–Trinajstić information content (AvgIpc) is 2.80.